The summed E-state index contributed by atoms with van der Waals surface area (Å²) in [5, 5.41) is 7.11. The lowest BCUT2D eigenvalue weighted by atomic mass is 10.3. The van der Waals surface area contributed by atoms with E-state index in [1.807, 2.05) is 0 Å². The fourth-order valence-electron chi connectivity index (χ4n) is 2.82. The minimum Gasteiger partial charge on any atom is -0.284 e. The maximum Gasteiger partial charge on any atom is 0.406 e. The van der Waals surface area contributed by atoms with Crippen molar-refractivity contribution in [3.05, 3.63) is 67.3 Å². The number of halogens is 3. The lowest BCUT2D eigenvalue weighted by molar-refractivity contribution is -0.118. The molecular weight excluding hydrogens is 399 g/mol. The minimum atomic E-state index is -4.63. The summed E-state index contributed by atoms with van der Waals surface area (Å²) in [5.41, 5.74) is 0.693. The largest absolute Gasteiger partial charge is 0.406 e. The normalized spacial score (nSPS) is 11.4. The van der Waals surface area contributed by atoms with Crippen LogP contribution < -0.4 is 9.80 Å². The second-order valence-electron chi connectivity index (χ2n) is 6.20. The Hall–Kier alpha value is -4.02. The Labute approximate surface area is 168 Å². The molecule has 0 unspecified atom stereocenters. The molecule has 0 aliphatic heterocycles. The number of fused-ring (bicyclic) bond motifs is 1. The molecular formula is C19H14F3N7O. The van der Waals surface area contributed by atoms with E-state index in [-0.39, 0.29) is 11.6 Å². The van der Waals surface area contributed by atoms with Crippen LogP contribution in [0.5, 0.6) is 0 Å². The topological polar surface area (TPSA) is 90.9 Å². The molecule has 152 valence electrons. The van der Waals surface area contributed by atoms with Crippen molar-refractivity contribution in [2.75, 3.05) is 16.3 Å². The molecule has 0 saturated carbocycles. The predicted octanol–water partition coefficient (Wildman–Crippen LogP) is 4.07. The Morgan fingerprint density at radius 1 is 1.00 bits per heavy atom. The fraction of sp³-hybridized carbons (Fsp3) is 0.105. The number of carbonyl (C=O) groups is 1. The molecule has 0 bridgehead atoms. The number of pyridine rings is 1. The Morgan fingerprint density at radius 3 is 2.43 bits per heavy atom. The van der Waals surface area contributed by atoms with Gasteiger partial charge in [-0.3, -0.25) is 15.0 Å². The number of H-pyrrole nitrogens is 1. The van der Waals surface area contributed by atoms with E-state index >= 15 is 0 Å². The van der Waals surface area contributed by atoms with Crippen molar-refractivity contribution >= 4 is 34.4 Å². The van der Waals surface area contributed by atoms with Crippen LogP contribution in [0.2, 0.25) is 0 Å². The molecule has 0 radical (unpaired) electrons. The first-order valence-electron chi connectivity index (χ1n) is 8.72. The number of aromatic nitrogens is 5. The Bertz CT molecular complexity index is 1150. The summed E-state index contributed by atoms with van der Waals surface area (Å²) < 4.78 is 39.9. The van der Waals surface area contributed by atoms with E-state index in [0.717, 1.165) is 4.90 Å². The van der Waals surface area contributed by atoms with Gasteiger partial charge >= 0.3 is 12.2 Å². The number of hydrogen-bond acceptors (Lipinski definition) is 5. The molecule has 8 nitrogen and oxygen atoms in total. The van der Waals surface area contributed by atoms with Gasteiger partial charge in [-0.2, -0.15) is 23.3 Å². The van der Waals surface area contributed by atoms with E-state index in [4.69, 9.17) is 0 Å². The summed E-state index contributed by atoms with van der Waals surface area (Å²) in [5.74, 6) is -0.0934. The third-order valence-electron chi connectivity index (χ3n) is 4.13. The van der Waals surface area contributed by atoms with Gasteiger partial charge in [0.1, 0.15) is 6.54 Å². The molecule has 3 aromatic heterocycles. The van der Waals surface area contributed by atoms with Crippen LogP contribution in [-0.4, -0.2) is 43.9 Å². The number of nitrogens with one attached hydrogen (secondary N) is 1. The second kappa shape index (κ2) is 7.78. The van der Waals surface area contributed by atoms with Gasteiger partial charge in [0, 0.05) is 24.3 Å². The maximum absolute atomic E-state index is 13.4. The molecule has 0 saturated heterocycles. The van der Waals surface area contributed by atoms with Gasteiger partial charge in [0.05, 0.1) is 17.3 Å². The van der Waals surface area contributed by atoms with E-state index in [1.54, 1.807) is 30.3 Å². The van der Waals surface area contributed by atoms with Crippen molar-refractivity contribution in [1.29, 1.82) is 0 Å². The number of benzene rings is 1. The quantitative estimate of drug-likeness (QED) is 0.545. The zero-order valence-electron chi connectivity index (χ0n) is 15.3. The predicted molar refractivity (Wildman–Crippen MR) is 103 cm³/mol. The third-order valence-corrected chi connectivity index (χ3v) is 4.13. The van der Waals surface area contributed by atoms with Crippen molar-refractivity contribution in [1.82, 2.24) is 25.1 Å². The first kappa shape index (κ1) is 19.3. The Morgan fingerprint density at radius 2 is 1.73 bits per heavy atom. The number of carbonyl (C=O) groups excluding carboxylic acids is 1. The standard InChI is InChI=1S/C19H14F3N7O/c20-19(21,22)12-28(14-6-8-23-9-7-14)18(30)29(15-4-2-1-3-5-15)17-24-10-13-11-25-27-16(13)26-17/h1-11H,12H2,(H,24,25,26,27). The summed E-state index contributed by atoms with van der Waals surface area (Å²) in [4.78, 5) is 27.3. The van der Waals surface area contributed by atoms with Crippen LogP contribution in [0, 0.1) is 0 Å². The van der Waals surface area contributed by atoms with Crippen LogP contribution in [0.3, 0.4) is 0 Å². The summed E-state index contributed by atoms with van der Waals surface area (Å²) in [6.07, 6.45) is 0.930. The average molecular weight is 413 g/mol. The number of anilines is 3. The van der Waals surface area contributed by atoms with Crippen LogP contribution in [0.15, 0.2) is 67.3 Å². The van der Waals surface area contributed by atoms with Gasteiger partial charge < -0.3 is 0 Å². The van der Waals surface area contributed by atoms with Crippen LogP contribution >= 0.6 is 0 Å². The van der Waals surface area contributed by atoms with Crippen molar-refractivity contribution in [2.24, 2.45) is 0 Å². The van der Waals surface area contributed by atoms with Crippen molar-refractivity contribution in [2.45, 2.75) is 6.18 Å². The van der Waals surface area contributed by atoms with E-state index in [0.29, 0.717) is 21.6 Å². The molecule has 4 rings (SSSR count). The first-order valence-corrected chi connectivity index (χ1v) is 8.72. The molecule has 0 aliphatic carbocycles. The third kappa shape index (κ3) is 4.04. The number of aromatic amines is 1. The second-order valence-corrected chi connectivity index (χ2v) is 6.20. The Kier molecular flexibility index (Phi) is 5.00. The monoisotopic (exact) mass is 413 g/mol. The van der Waals surface area contributed by atoms with Crippen molar-refractivity contribution in [3.8, 4) is 0 Å². The van der Waals surface area contributed by atoms with Crippen molar-refractivity contribution < 1.29 is 18.0 Å². The first-order chi connectivity index (χ1) is 14.4. The van der Waals surface area contributed by atoms with Gasteiger partial charge in [-0.25, -0.2) is 14.7 Å². The highest BCUT2D eigenvalue weighted by molar-refractivity contribution is 6.07. The zero-order chi connectivity index (χ0) is 21.1. The highest BCUT2D eigenvalue weighted by Crippen LogP contribution is 2.29. The van der Waals surface area contributed by atoms with Gasteiger partial charge in [0.25, 0.3) is 0 Å². The number of rotatable bonds is 4. The Balaban J connectivity index is 1.83. The highest BCUT2D eigenvalue weighted by Gasteiger charge is 2.37. The molecule has 3 heterocycles. The number of amides is 2. The molecule has 0 aliphatic rings. The summed E-state index contributed by atoms with van der Waals surface area (Å²) in [6, 6.07) is 9.88. The van der Waals surface area contributed by atoms with E-state index in [1.165, 1.54) is 36.9 Å². The van der Waals surface area contributed by atoms with Gasteiger partial charge in [-0.1, -0.05) is 18.2 Å². The molecule has 0 spiro atoms. The highest BCUT2D eigenvalue weighted by atomic mass is 19.4. The lowest BCUT2D eigenvalue weighted by Crippen LogP contribution is -2.46. The number of para-hydroxylation sites is 1. The molecule has 0 atom stereocenters. The van der Waals surface area contributed by atoms with Gasteiger partial charge in [-0.15, -0.1) is 0 Å². The molecule has 4 aromatic rings. The molecule has 11 heteroatoms. The zero-order valence-corrected chi connectivity index (χ0v) is 15.3. The van der Waals surface area contributed by atoms with Crippen LogP contribution in [0.4, 0.5) is 35.3 Å². The number of nitrogens with zero attached hydrogens (tertiary/aromatic N) is 6. The van der Waals surface area contributed by atoms with E-state index in [9.17, 15) is 18.0 Å². The minimum absolute atomic E-state index is 0.0378. The molecule has 0 fully saturated rings. The smallest absolute Gasteiger partial charge is 0.284 e. The molecule has 1 N–H and O–H groups in total. The molecule has 1 aromatic carbocycles. The van der Waals surface area contributed by atoms with E-state index in [2.05, 4.69) is 25.1 Å². The van der Waals surface area contributed by atoms with E-state index < -0.39 is 18.8 Å². The van der Waals surface area contributed by atoms with Gasteiger partial charge in [-0.05, 0) is 24.3 Å². The summed E-state index contributed by atoms with van der Waals surface area (Å²) in [7, 11) is 0. The SMILES string of the molecule is O=C(N(CC(F)(F)F)c1ccncc1)N(c1ccccc1)c1ncc2cn[nH]c2n1. The van der Waals surface area contributed by atoms with Crippen LogP contribution in [0.1, 0.15) is 0 Å². The van der Waals surface area contributed by atoms with Gasteiger partial charge in [0.15, 0.2) is 5.65 Å². The number of urea groups is 1. The van der Waals surface area contributed by atoms with Crippen LogP contribution in [0.25, 0.3) is 11.0 Å². The van der Waals surface area contributed by atoms with Crippen LogP contribution in [-0.2, 0) is 0 Å². The molecule has 30 heavy (non-hydrogen) atoms. The number of hydrogen-bond donors (Lipinski definition) is 1. The number of alkyl halides is 3. The lowest BCUT2D eigenvalue weighted by Gasteiger charge is -2.30. The van der Waals surface area contributed by atoms with Crippen molar-refractivity contribution in [3.63, 3.8) is 0 Å². The average Bonchev–Trinajstić information content (AvgIpc) is 3.21. The molecule has 2 amide bonds. The summed E-state index contributed by atoms with van der Waals surface area (Å²) >= 11 is 0. The fourth-order valence-corrected chi connectivity index (χ4v) is 2.82. The maximum atomic E-state index is 13.4. The van der Waals surface area contributed by atoms with Gasteiger partial charge in [0.2, 0.25) is 5.95 Å². The summed E-state index contributed by atoms with van der Waals surface area (Å²) in [6.45, 7) is -1.49.